The summed E-state index contributed by atoms with van der Waals surface area (Å²) in [5, 5.41) is 2.95. The smallest absolute Gasteiger partial charge is 0.253 e. The first-order valence-electron chi connectivity index (χ1n) is 10.9. The second-order valence-corrected chi connectivity index (χ2v) is 8.15. The molecule has 33 heavy (non-hydrogen) atoms. The fraction of sp³-hybridized carbons (Fsp3) is 0.192. The minimum absolute atomic E-state index is 0.124. The fourth-order valence-electron chi connectivity index (χ4n) is 4.09. The van der Waals surface area contributed by atoms with Crippen molar-refractivity contribution >= 4 is 28.6 Å². The Bertz CT molecular complexity index is 1270. The van der Waals surface area contributed by atoms with Crippen molar-refractivity contribution in [1.29, 1.82) is 0 Å². The van der Waals surface area contributed by atoms with Crippen LogP contribution in [0.3, 0.4) is 0 Å². The van der Waals surface area contributed by atoms with E-state index in [2.05, 4.69) is 10.3 Å². The first kappa shape index (κ1) is 20.9. The summed E-state index contributed by atoms with van der Waals surface area (Å²) in [5.41, 5.74) is 3.43. The lowest BCUT2D eigenvalue weighted by molar-refractivity contribution is -0.121. The minimum Gasteiger partial charge on any atom is -0.436 e. The van der Waals surface area contributed by atoms with Gasteiger partial charge < -0.3 is 14.6 Å². The van der Waals surface area contributed by atoms with Crippen molar-refractivity contribution in [2.75, 3.05) is 18.4 Å². The summed E-state index contributed by atoms with van der Waals surface area (Å²) in [7, 11) is 0. The highest BCUT2D eigenvalue weighted by Crippen LogP contribution is 2.26. The number of nitrogens with one attached hydrogen (secondary N) is 1. The van der Waals surface area contributed by atoms with E-state index in [1.807, 2.05) is 48.5 Å². The normalized spacial score (nSPS) is 16.0. The molecule has 3 aromatic carbocycles. The number of aromatic nitrogens is 1. The summed E-state index contributed by atoms with van der Waals surface area (Å²) in [6.45, 7) is 0.919. The minimum atomic E-state index is -0.385. The van der Waals surface area contributed by atoms with Gasteiger partial charge in [0.2, 0.25) is 11.8 Å². The van der Waals surface area contributed by atoms with Gasteiger partial charge in [-0.1, -0.05) is 12.1 Å². The van der Waals surface area contributed by atoms with Gasteiger partial charge in [0.1, 0.15) is 11.3 Å². The number of oxazole rings is 1. The van der Waals surface area contributed by atoms with Crippen molar-refractivity contribution in [3.63, 3.8) is 0 Å². The summed E-state index contributed by atoms with van der Waals surface area (Å²) in [6, 6.07) is 20.4. The predicted molar refractivity (Wildman–Crippen MR) is 123 cm³/mol. The molecule has 166 valence electrons. The molecule has 1 aliphatic rings. The van der Waals surface area contributed by atoms with Gasteiger partial charge in [-0.05, 0) is 73.5 Å². The molecule has 0 bridgehead atoms. The predicted octanol–water partition coefficient (Wildman–Crippen LogP) is 5.12. The molecule has 1 atom stereocenters. The van der Waals surface area contributed by atoms with Crippen LogP contribution in [0.5, 0.6) is 0 Å². The lowest BCUT2D eigenvalue weighted by Crippen LogP contribution is -2.43. The van der Waals surface area contributed by atoms with Crippen LogP contribution in [0.2, 0.25) is 0 Å². The Morgan fingerprint density at radius 3 is 2.52 bits per heavy atom. The lowest BCUT2D eigenvalue weighted by atomic mass is 9.96. The summed E-state index contributed by atoms with van der Waals surface area (Å²) in [5.74, 6) is -0.475. The second-order valence-electron chi connectivity index (χ2n) is 8.15. The number of likely N-dealkylation sites (tertiary alicyclic amines) is 1. The number of hydrogen-bond acceptors (Lipinski definition) is 4. The highest BCUT2D eigenvalue weighted by atomic mass is 19.1. The van der Waals surface area contributed by atoms with Crippen molar-refractivity contribution in [3.05, 3.63) is 84.2 Å². The Hall–Kier alpha value is -4.00. The number of amides is 2. The number of benzene rings is 3. The maximum atomic E-state index is 13.2. The van der Waals surface area contributed by atoms with Crippen LogP contribution < -0.4 is 5.32 Å². The molecule has 1 aliphatic heterocycles. The Balaban J connectivity index is 1.23. The quantitative estimate of drug-likeness (QED) is 0.475. The van der Waals surface area contributed by atoms with E-state index in [-0.39, 0.29) is 23.5 Å². The number of para-hydroxylation sites is 2. The molecule has 2 heterocycles. The molecule has 1 aromatic heterocycles. The van der Waals surface area contributed by atoms with Crippen LogP contribution in [0.15, 0.2) is 77.2 Å². The molecule has 2 amide bonds. The third-order valence-electron chi connectivity index (χ3n) is 5.86. The topological polar surface area (TPSA) is 75.4 Å². The van der Waals surface area contributed by atoms with Crippen LogP contribution in [-0.2, 0) is 4.79 Å². The largest absolute Gasteiger partial charge is 0.436 e. The zero-order valence-electron chi connectivity index (χ0n) is 17.8. The Morgan fingerprint density at radius 1 is 1.00 bits per heavy atom. The Kier molecular flexibility index (Phi) is 5.60. The van der Waals surface area contributed by atoms with E-state index >= 15 is 0 Å². The molecule has 0 aliphatic carbocycles. The Morgan fingerprint density at radius 2 is 1.76 bits per heavy atom. The maximum absolute atomic E-state index is 13.2. The van der Waals surface area contributed by atoms with Gasteiger partial charge in [0, 0.05) is 29.9 Å². The van der Waals surface area contributed by atoms with E-state index in [1.165, 1.54) is 24.3 Å². The molecule has 1 N–H and O–H groups in total. The van der Waals surface area contributed by atoms with Crippen molar-refractivity contribution < 1.29 is 18.4 Å². The third-order valence-corrected chi connectivity index (χ3v) is 5.86. The molecule has 7 heteroatoms. The van der Waals surface area contributed by atoms with Crippen LogP contribution in [-0.4, -0.2) is 34.8 Å². The summed E-state index contributed by atoms with van der Waals surface area (Å²) < 4.78 is 18.9. The number of hydrogen-bond donors (Lipinski definition) is 1. The van der Waals surface area contributed by atoms with E-state index in [0.29, 0.717) is 36.7 Å². The molecule has 0 spiro atoms. The molecule has 4 aromatic rings. The highest BCUT2D eigenvalue weighted by Gasteiger charge is 2.29. The van der Waals surface area contributed by atoms with Crippen molar-refractivity contribution in [2.24, 2.45) is 5.92 Å². The van der Waals surface area contributed by atoms with E-state index in [1.54, 1.807) is 4.90 Å². The first-order chi connectivity index (χ1) is 16.1. The average Bonchev–Trinajstić information content (AvgIpc) is 3.29. The molecule has 1 saturated heterocycles. The zero-order chi connectivity index (χ0) is 22.8. The number of nitrogens with zero attached hydrogens (tertiary/aromatic N) is 2. The molecule has 1 fully saturated rings. The molecule has 0 radical (unpaired) electrons. The summed E-state index contributed by atoms with van der Waals surface area (Å²) in [6.07, 6.45) is 1.45. The highest BCUT2D eigenvalue weighted by molar-refractivity contribution is 5.96. The molecular formula is C26H22FN3O3. The third kappa shape index (κ3) is 4.48. The van der Waals surface area contributed by atoms with Crippen LogP contribution >= 0.6 is 0 Å². The van der Waals surface area contributed by atoms with Crippen LogP contribution in [0.4, 0.5) is 10.1 Å². The van der Waals surface area contributed by atoms with Gasteiger partial charge in [-0.25, -0.2) is 9.37 Å². The summed E-state index contributed by atoms with van der Waals surface area (Å²) in [4.78, 5) is 31.7. The molecule has 0 saturated carbocycles. The van der Waals surface area contributed by atoms with E-state index < -0.39 is 0 Å². The van der Waals surface area contributed by atoms with E-state index in [4.69, 9.17) is 4.42 Å². The van der Waals surface area contributed by atoms with Crippen LogP contribution in [0.25, 0.3) is 22.6 Å². The van der Waals surface area contributed by atoms with Gasteiger partial charge in [0.25, 0.3) is 5.91 Å². The molecule has 0 unspecified atom stereocenters. The number of anilines is 1. The van der Waals surface area contributed by atoms with E-state index in [9.17, 15) is 14.0 Å². The number of halogens is 1. The van der Waals surface area contributed by atoms with Gasteiger partial charge in [0.05, 0.1) is 5.92 Å². The number of carbonyl (C=O) groups is 2. The number of fused-ring (bicyclic) bond motifs is 1. The van der Waals surface area contributed by atoms with Gasteiger partial charge in [-0.3, -0.25) is 9.59 Å². The number of rotatable bonds is 4. The van der Waals surface area contributed by atoms with Crippen molar-refractivity contribution in [3.8, 4) is 11.5 Å². The molecule has 5 rings (SSSR count). The monoisotopic (exact) mass is 443 g/mol. The number of piperidine rings is 1. The van der Waals surface area contributed by atoms with Gasteiger partial charge in [-0.2, -0.15) is 0 Å². The van der Waals surface area contributed by atoms with Crippen LogP contribution in [0.1, 0.15) is 23.2 Å². The number of carbonyl (C=O) groups excluding carboxylic acids is 2. The van der Waals surface area contributed by atoms with Gasteiger partial charge in [-0.15, -0.1) is 0 Å². The first-order valence-corrected chi connectivity index (χ1v) is 10.9. The van der Waals surface area contributed by atoms with Crippen LogP contribution in [0, 0.1) is 11.7 Å². The maximum Gasteiger partial charge on any atom is 0.253 e. The Labute approximate surface area is 190 Å². The second kappa shape index (κ2) is 8.86. The SMILES string of the molecule is O=C(Nc1ccc(-c2nc3ccccc3o2)cc1)[C@@H]1CCCN(C(=O)c2ccc(F)cc2)C1. The fourth-order valence-corrected chi connectivity index (χ4v) is 4.09. The average molecular weight is 443 g/mol. The standard InChI is InChI=1S/C26H22FN3O3/c27-20-11-7-18(8-12-20)26(32)30-15-3-4-19(16-30)24(31)28-21-13-9-17(10-14-21)25-29-22-5-1-2-6-23(22)33-25/h1-2,5-14,19H,3-4,15-16H2,(H,28,31)/t19-/m1/s1. The van der Waals surface area contributed by atoms with Crippen molar-refractivity contribution in [2.45, 2.75) is 12.8 Å². The van der Waals surface area contributed by atoms with E-state index in [0.717, 1.165) is 23.1 Å². The zero-order valence-corrected chi connectivity index (χ0v) is 17.8. The van der Waals surface area contributed by atoms with Gasteiger partial charge >= 0.3 is 0 Å². The summed E-state index contributed by atoms with van der Waals surface area (Å²) >= 11 is 0. The van der Waals surface area contributed by atoms with Crippen molar-refractivity contribution in [1.82, 2.24) is 9.88 Å². The van der Waals surface area contributed by atoms with Gasteiger partial charge in [0.15, 0.2) is 5.58 Å². The lowest BCUT2D eigenvalue weighted by Gasteiger charge is -2.32. The molecule has 6 nitrogen and oxygen atoms in total. The molecular weight excluding hydrogens is 421 g/mol.